The van der Waals surface area contributed by atoms with Crippen LogP contribution in [0.1, 0.15) is 6.92 Å². The number of thioether (sulfide) groups is 1. The molecule has 0 aliphatic heterocycles. The number of ether oxygens (including phenoxy) is 1. The van der Waals surface area contributed by atoms with E-state index in [9.17, 15) is 9.59 Å². The smallest absolute Gasteiger partial charge is 0.325 e. The van der Waals surface area contributed by atoms with Crippen LogP contribution in [0.4, 0.5) is 0 Å². The molecule has 1 N–H and O–H groups in total. The topological polar surface area (TPSA) is 86.1 Å². The second-order valence-electron chi connectivity index (χ2n) is 6.00. The van der Waals surface area contributed by atoms with Crippen molar-refractivity contribution >= 4 is 46.8 Å². The molecule has 0 radical (unpaired) electrons. The molecule has 1 heterocycles. The van der Waals surface area contributed by atoms with Crippen LogP contribution >= 0.6 is 35.0 Å². The van der Waals surface area contributed by atoms with Crippen molar-refractivity contribution in [3.05, 3.63) is 58.6 Å². The van der Waals surface area contributed by atoms with Crippen LogP contribution in [0.3, 0.4) is 0 Å². The van der Waals surface area contributed by atoms with Crippen molar-refractivity contribution in [3.8, 4) is 17.1 Å². The SMILES string of the molecule is CCOC(=O)CNC(=O)CSc1nnc(-c2ccc(Cl)cc2)n1-c1ccc(Cl)cc1. The summed E-state index contributed by atoms with van der Waals surface area (Å²) in [7, 11) is 0. The Balaban J connectivity index is 1.82. The van der Waals surface area contributed by atoms with Crippen molar-refractivity contribution in [1.82, 2.24) is 20.1 Å². The van der Waals surface area contributed by atoms with E-state index in [0.29, 0.717) is 21.0 Å². The first-order valence-corrected chi connectivity index (χ1v) is 10.7. The summed E-state index contributed by atoms with van der Waals surface area (Å²) in [4.78, 5) is 23.5. The summed E-state index contributed by atoms with van der Waals surface area (Å²) < 4.78 is 6.63. The number of carbonyl (C=O) groups is 2. The van der Waals surface area contributed by atoms with Crippen LogP contribution < -0.4 is 5.32 Å². The zero-order chi connectivity index (χ0) is 21.5. The lowest BCUT2D eigenvalue weighted by molar-refractivity contribution is -0.143. The van der Waals surface area contributed by atoms with Gasteiger partial charge in [0.2, 0.25) is 5.91 Å². The second-order valence-corrected chi connectivity index (χ2v) is 7.81. The van der Waals surface area contributed by atoms with Crippen molar-refractivity contribution < 1.29 is 14.3 Å². The molecule has 0 bridgehead atoms. The van der Waals surface area contributed by atoms with Crippen LogP contribution in [0, 0.1) is 0 Å². The van der Waals surface area contributed by atoms with Crippen LogP contribution in [0.15, 0.2) is 53.7 Å². The Morgan fingerprint density at radius 3 is 2.30 bits per heavy atom. The number of aromatic nitrogens is 3. The first-order chi connectivity index (χ1) is 14.5. The van der Waals surface area contributed by atoms with Gasteiger partial charge in [-0.25, -0.2) is 0 Å². The van der Waals surface area contributed by atoms with Gasteiger partial charge in [0.25, 0.3) is 0 Å². The number of nitrogens with one attached hydrogen (secondary N) is 1. The predicted molar refractivity (Wildman–Crippen MR) is 117 cm³/mol. The summed E-state index contributed by atoms with van der Waals surface area (Å²) in [5, 5.41) is 12.8. The zero-order valence-electron chi connectivity index (χ0n) is 16.0. The van der Waals surface area contributed by atoms with Crippen molar-refractivity contribution in [3.63, 3.8) is 0 Å². The third-order valence-electron chi connectivity index (χ3n) is 3.89. The van der Waals surface area contributed by atoms with Gasteiger partial charge in [-0.15, -0.1) is 10.2 Å². The maximum Gasteiger partial charge on any atom is 0.325 e. The number of carbonyl (C=O) groups excluding carboxylic acids is 2. The minimum Gasteiger partial charge on any atom is -0.465 e. The monoisotopic (exact) mass is 464 g/mol. The summed E-state index contributed by atoms with van der Waals surface area (Å²) in [6, 6.07) is 14.5. The normalized spacial score (nSPS) is 10.6. The molecule has 30 heavy (non-hydrogen) atoms. The summed E-state index contributed by atoms with van der Waals surface area (Å²) in [6.07, 6.45) is 0. The molecule has 0 unspecified atom stereocenters. The van der Waals surface area contributed by atoms with Gasteiger partial charge >= 0.3 is 5.97 Å². The summed E-state index contributed by atoms with van der Waals surface area (Å²) >= 11 is 13.2. The van der Waals surface area contributed by atoms with Gasteiger partial charge in [-0.1, -0.05) is 35.0 Å². The van der Waals surface area contributed by atoms with Gasteiger partial charge in [-0.3, -0.25) is 14.2 Å². The van der Waals surface area contributed by atoms with E-state index in [1.54, 1.807) is 31.2 Å². The van der Waals surface area contributed by atoms with Crippen LogP contribution in [0.2, 0.25) is 10.0 Å². The molecule has 0 aliphatic carbocycles. The molecule has 0 saturated heterocycles. The summed E-state index contributed by atoms with van der Waals surface area (Å²) in [5.41, 5.74) is 1.62. The third kappa shape index (κ3) is 5.75. The molecular formula is C20H18Cl2N4O3S. The van der Waals surface area contributed by atoms with Gasteiger partial charge in [-0.2, -0.15) is 0 Å². The highest BCUT2D eigenvalue weighted by Gasteiger charge is 2.17. The minimum atomic E-state index is -0.481. The van der Waals surface area contributed by atoms with Crippen LogP contribution in [0.5, 0.6) is 0 Å². The highest BCUT2D eigenvalue weighted by Crippen LogP contribution is 2.29. The number of halogens is 2. The van der Waals surface area contributed by atoms with Crippen molar-refractivity contribution in [1.29, 1.82) is 0 Å². The quantitative estimate of drug-likeness (QED) is 0.400. The maximum absolute atomic E-state index is 12.1. The average Bonchev–Trinajstić information content (AvgIpc) is 3.16. The molecule has 1 amide bonds. The molecule has 0 spiro atoms. The molecule has 3 rings (SSSR count). The van der Waals surface area contributed by atoms with Gasteiger partial charge in [0.15, 0.2) is 11.0 Å². The van der Waals surface area contributed by atoms with E-state index >= 15 is 0 Å². The molecule has 0 fully saturated rings. The fourth-order valence-electron chi connectivity index (χ4n) is 2.54. The highest BCUT2D eigenvalue weighted by molar-refractivity contribution is 7.99. The van der Waals surface area contributed by atoms with E-state index < -0.39 is 5.97 Å². The Kier molecular flexibility index (Phi) is 7.73. The largest absolute Gasteiger partial charge is 0.465 e. The van der Waals surface area contributed by atoms with Gasteiger partial charge < -0.3 is 10.1 Å². The number of benzene rings is 2. The van der Waals surface area contributed by atoms with E-state index in [1.165, 1.54) is 11.8 Å². The van der Waals surface area contributed by atoms with Gasteiger partial charge in [0.1, 0.15) is 6.54 Å². The lowest BCUT2D eigenvalue weighted by atomic mass is 10.2. The number of hydrogen-bond donors (Lipinski definition) is 1. The first-order valence-electron chi connectivity index (χ1n) is 9.00. The molecule has 0 atom stereocenters. The van der Waals surface area contributed by atoms with E-state index in [-0.39, 0.29) is 24.8 Å². The Labute approximate surface area is 187 Å². The van der Waals surface area contributed by atoms with Crippen LogP contribution in [0.25, 0.3) is 17.1 Å². The molecule has 0 saturated carbocycles. The third-order valence-corrected chi connectivity index (χ3v) is 5.32. The van der Waals surface area contributed by atoms with Gasteiger partial charge in [0, 0.05) is 21.3 Å². The van der Waals surface area contributed by atoms with Gasteiger partial charge in [0.05, 0.1) is 12.4 Å². The fraction of sp³-hybridized carbons (Fsp3) is 0.200. The maximum atomic E-state index is 12.1. The second kappa shape index (κ2) is 10.5. The number of amides is 1. The molecule has 156 valence electrons. The molecular weight excluding hydrogens is 447 g/mol. The van der Waals surface area contributed by atoms with Crippen molar-refractivity contribution in [2.75, 3.05) is 18.9 Å². The number of esters is 1. The highest BCUT2D eigenvalue weighted by atomic mass is 35.5. The Hall–Kier alpha value is -2.55. The van der Waals surface area contributed by atoms with E-state index in [4.69, 9.17) is 27.9 Å². The number of hydrogen-bond acceptors (Lipinski definition) is 6. The number of rotatable bonds is 8. The minimum absolute atomic E-state index is 0.0613. The lowest BCUT2D eigenvalue weighted by Crippen LogP contribution is -2.31. The van der Waals surface area contributed by atoms with Crippen LogP contribution in [-0.4, -0.2) is 45.5 Å². The molecule has 1 aromatic heterocycles. The average molecular weight is 465 g/mol. The Morgan fingerprint density at radius 1 is 1.03 bits per heavy atom. The van der Waals surface area contributed by atoms with E-state index in [0.717, 1.165) is 11.3 Å². The zero-order valence-corrected chi connectivity index (χ0v) is 18.3. The lowest BCUT2D eigenvalue weighted by Gasteiger charge is -2.11. The molecule has 10 heteroatoms. The Morgan fingerprint density at radius 2 is 1.67 bits per heavy atom. The van der Waals surface area contributed by atoms with Gasteiger partial charge in [-0.05, 0) is 55.5 Å². The molecule has 0 aliphatic rings. The number of nitrogens with zero attached hydrogens (tertiary/aromatic N) is 3. The molecule has 2 aromatic carbocycles. The van der Waals surface area contributed by atoms with E-state index in [2.05, 4.69) is 15.5 Å². The van der Waals surface area contributed by atoms with E-state index in [1.807, 2.05) is 28.8 Å². The standard InChI is InChI=1S/C20H18Cl2N4O3S/c1-2-29-18(28)11-23-17(27)12-30-20-25-24-19(13-3-5-14(21)6-4-13)26(20)16-9-7-15(22)8-10-16/h3-10H,2,11-12H2,1H3,(H,23,27). The summed E-state index contributed by atoms with van der Waals surface area (Å²) in [5.74, 6) is -0.133. The fourth-order valence-corrected chi connectivity index (χ4v) is 3.57. The van der Waals surface area contributed by atoms with Crippen molar-refractivity contribution in [2.24, 2.45) is 0 Å². The van der Waals surface area contributed by atoms with Crippen molar-refractivity contribution in [2.45, 2.75) is 12.1 Å². The Bertz CT molecular complexity index is 1020. The predicted octanol–water partition coefficient (Wildman–Crippen LogP) is 4.01. The van der Waals surface area contributed by atoms with Crippen LogP contribution in [-0.2, 0) is 14.3 Å². The first kappa shape index (κ1) is 22.1. The molecule has 3 aromatic rings. The summed E-state index contributed by atoms with van der Waals surface area (Å²) in [6.45, 7) is 1.80. The molecule has 7 nitrogen and oxygen atoms in total.